The Labute approximate surface area is 106 Å². The molecular formula is C11H16Cl2N2O. The van der Waals surface area contributed by atoms with Gasteiger partial charge in [-0.2, -0.15) is 0 Å². The van der Waals surface area contributed by atoms with Gasteiger partial charge in [-0.25, -0.2) is 0 Å². The summed E-state index contributed by atoms with van der Waals surface area (Å²) in [5, 5.41) is 7.27. The summed E-state index contributed by atoms with van der Waals surface area (Å²) >= 11 is 12.3. The number of hydrogen-bond acceptors (Lipinski definition) is 3. The second kappa shape index (κ2) is 6.30. The molecule has 3 nitrogen and oxygen atoms in total. The molecule has 0 aliphatic rings. The largest absolute Gasteiger partial charge is 0.495 e. The predicted octanol–water partition coefficient (Wildman–Crippen LogP) is 2.48. The molecule has 1 atom stereocenters. The van der Waals surface area contributed by atoms with Crippen LogP contribution < -0.4 is 15.4 Å². The average molecular weight is 263 g/mol. The van der Waals surface area contributed by atoms with E-state index in [1.165, 1.54) is 0 Å². The van der Waals surface area contributed by atoms with Gasteiger partial charge in [-0.05, 0) is 25.7 Å². The maximum atomic E-state index is 6.21. The topological polar surface area (TPSA) is 33.3 Å². The lowest BCUT2D eigenvalue weighted by Crippen LogP contribution is -2.27. The van der Waals surface area contributed by atoms with Gasteiger partial charge in [-0.1, -0.05) is 29.3 Å². The van der Waals surface area contributed by atoms with Crippen molar-refractivity contribution < 1.29 is 4.74 Å². The fourth-order valence-electron chi connectivity index (χ4n) is 1.55. The fraction of sp³-hybridized carbons (Fsp3) is 0.455. The maximum absolute atomic E-state index is 6.21. The Morgan fingerprint density at radius 2 is 1.94 bits per heavy atom. The Bertz CT molecular complexity index is 358. The van der Waals surface area contributed by atoms with Gasteiger partial charge >= 0.3 is 0 Å². The lowest BCUT2D eigenvalue weighted by atomic mass is 10.1. The molecule has 0 heterocycles. The number of nitrogens with one attached hydrogen (secondary N) is 2. The van der Waals surface area contributed by atoms with Crippen LogP contribution in [0.4, 0.5) is 0 Å². The Kier molecular flexibility index (Phi) is 5.35. The number of methoxy groups -OCH3 is 1. The molecule has 1 aromatic rings. The van der Waals surface area contributed by atoms with Crippen LogP contribution in [-0.2, 0) is 0 Å². The molecule has 0 bridgehead atoms. The molecule has 0 spiro atoms. The van der Waals surface area contributed by atoms with Crippen LogP contribution in [0, 0.1) is 0 Å². The summed E-state index contributed by atoms with van der Waals surface area (Å²) < 4.78 is 5.10. The van der Waals surface area contributed by atoms with Gasteiger partial charge in [0.05, 0.1) is 12.1 Å². The zero-order valence-electron chi connectivity index (χ0n) is 9.60. The van der Waals surface area contributed by atoms with E-state index in [9.17, 15) is 0 Å². The van der Waals surface area contributed by atoms with Crippen LogP contribution in [0.15, 0.2) is 12.1 Å². The lowest BCUT2D eigenvalue weighted by Gasteiger charge is -2.19. The smallest absolute Gasteiger partial charge is 0.139 e. The number of rotatable bonds is 5. The van der Waals surface area contributed by atoms with E-state index in [1.807, 2.05) is 26.2 Å². The van der Waals surface area contributed by atoms with E-state index in [2.05, 4.69) is 10.6 Å². The van der Waals surface area contributed by atoms with Gasteiger partial charge in [0.1, 0.15) is 10.8 Å². The summed E-state index contributed by atoms with van der Waals surface area (Å²) in [4.78, 5) is 0. The van der Waals surface area contributed by atoms with Crippen molar-refractivity contribution in [2.75, 3.05) is 27.7 Å². The van der Waals surface area contributed by atoms with Gasteiger partial charge in [-0.15, -0.1) is 0 Å². The van der Waals surface area contributed by atoms with Crippen LogP contribution in [0.5, 0.6) is 5.75 Å². The fourth-order valence-corrected chi connectivity index (χ4v) is 2.08. The van der Waals surface area contributed by atoms with Gasteiger partial charge < -0.3 is 15.4 Å². The first kappa shape index (κ1) is 13.6. The molecule has 16 heavy (non-hydrogen) atoms. The molecule has 0 aliphatic heterocycles. The summed E-state index contributed by atoms with van der Waals surface area (Å²) in [6.45, 7) is 0.777. The molecule has 1 aromatic carbocycles. The van der Waals surface area contributed by atoms with E-state index >= 15 is 0 Å². The van der Waals surface area contributed by atoms with E-state index in [0.29, 0.717) is 15.8 Å². The molecule has 0 saturated carbocycles. The van der Waals surface area contributed by atoms with Crippen molar-refractivity contribution in [3.63, 3.8) is 0 Å². The second-order valence-electron chi connectivity index (χ2n) is 3.38. The third-order valence-electron chi connectivity index (χ3n) is 2.43. The van der Waals surface area contributed by atoms with Gasteiger partial charge in [0.25, 0.3) is 0 Å². The molecule has 0 aliphatic carbocycles. The zero-order valence-corrected chi connectivity index (χ0v) is 11.1. The van der Waals surface area contributed by atoms with Gasteiger partial charge in [0.15, 0.2) is 0 Å². The molecule has 1 unspecified atom stereocenters. The minimum atomic E-state index is 0.126. The van der Waals surface area contributed by atoms with E-state index in [0.717, 1.165) is 12.1 Å². The Morgan fingerprint density at radius 1 is 1.25 bits per heavy atom. The summed E-state index contributed by atoms with van der Waals surface area (Å²) in [7, 11) is 5.35. The van der Waals surface area contributed by atoms with Crippen LogP contribution in [0.3, 0.4) is 0 Å². The Morgan fingerprint density at radius 3 is 2.44 bits per heavy atom. The number of halogens is 2. The van der Waals surface area contributed by atoms with Crippen molar-refractivity contribution in [3.8, 4) is 5.75 Å². The number of likely N-dealkylation sites (N-methyl/N-ethyl adjacent to an activating group) is 2. The monoisotopic (exact) mass is 262 g/mol. The van der Waals surface area contributed by atoms with Gasteiger partial charge in [0.2, 0.25) is 0 Å². The molecule has 1 rings (SSSR count). The molecule has 0 fully saturated rings. The molecule has 2 N–H and O–H groups in total. The first-order valence-corrected chi connectivity index (χ1v) is 5.75. The summed E-state index contributed by atoms with van der Waals surface area (Å²) in [6.07, 6.45) is 0. The summed E-state index contributed by atoms with van der Waals surface area (Å²) in [5.41, 5.74) is 0.962. The Balaban J connectivity index is 3.09. The van der Waals surface area contributed by atoms with Crippen molar-refractivity contribution in [2.24, 2.45) is 0 Å². The molecule has 0 aromatic heterocycles. The zero-order chi connectivity index (χ0) is 12.1. The number of hydrogen-bond donors (Lipinski definition) is 2. The highest BCUT2D eigenvalue weighted by atomic mass is 35.5. The first-order valence-electron chi connectivity index (χ1n) is 4.99. The van der Waals surface area contributed by atoms with Crippen molar-refractivity contribution in [1.82, 2.24) is 10.6 Å². The van der Waals surface area contributed by atoms with Crippen LogP contribution in [0.25, 0.3) is 0 Å². The minimum absolute atomic E-state index is 0.126. The quantitative estimate of drug-likeness (QED) is 0.856. The molecule has 5 heteroatoms. The maximum Gasteiger partial charge on any atom is 0.139 e. The lowest BCUT2D eigenvalue weighted by molar-refractivity contribution is 0.414. The third-order valence-corrected chi connectivity index (χ3v) is 3.31. The summed E-state index contributed by atoms with van der Waals surface area (Å²) in [5.74, 6) is 0.592. The van der Waals surface area contributed by atoms with Crippen LogP contribution in [0.2, 0.25) is 10.0 Å². The second-order valence-corrected chi connectivity index (χ2v) is 4.14. The highest BCUT2D eigenvalue weighted by Crippen LogP contribution is 2.36. The van der Waals surface area contributed by atoms with E-state index in [4.69, 9.17) is 27.9 Å². The first-order chi connectivity index (χ1) is 7.65. The van der Waals surface area contributed by atoms with E-state index in [1.54, 1.807) is 7.11 Å². The molecular weight excluding hydrogens is 247 g/mol. The van der Waals surface area contributed by atoms with Crippen LogP contribution in [-0.4, -0.2) is 27.7 Å². The molecule has 0 saturated heterocycles. The molecule has 0 amide bonds. The van der Waals surface area contributed by atoms with Gasteiger partial charge in [-0.3, -0.25) is 0 Å². The highest BCUT2D eigenvalue weighted by molar-refractivity contribution is 6.43. The Hall–Kier alpha value is -0.480. The minimum Gasteiger partial charge on any atom is -0.495 e. The standard InChI is InChI=1S/C11H16Cl2N2O/c1-14-6-8(15-2)7-4-5-9(16-3)11(13)10(7)12/h4-5,8,14-15H,6H2,1-3H3. The molecule has 90 valence electrons. The molecule has 0 radical (unpaired) electrons. The van der Waals surface area contributed by atoms with E-state index in [-0.39, 0.29) is 6.04 Å². The normalized spacial score (nSPS) is 12.6. The average Bonchev–Trinajstić information content (AvgIpc) is 2.30. The van der Waals surface area contributed by atoms with E-state index < -0.39 is 0 Å². The van der Waals surface area contributed by atoms with Gasteiger partial charge in [0, 0.05) is 12.6 Å². The highest BCUT2D eigenvalue weighted by Gasteiger charge is 2.16. The number of benzene rings is 1. The van der Waals surface area contributed by atoms with Crippen molar-refractivity contribution in [3.05, 3.63) is 27.7 Å². The van der Waals surface area contributed by atoms with Crippen molar-refractivity contribution >= 4 is 23.2 Å². The summed E-state index contributed by atoms with van der Waals surface area (Å²) in [6, 6.07) is 3.87. The number of ether oxygens (including phenoxy) is 1. The predicted molar refractivity (Wildman–Crippen MR) is 68.7 cm³/mol. The van der Waals surface area contributed by atoms with Crippen molar-refractivity contribution in [2.45, 2.75) is 6.04 Å². The van der Waals surface area contributed by atoms with Crippen molar-refractivity contribution in [1.29, 1.82) is 0 Å². The van der Waals surface area contributed by atoms with Crippen LogP contribution >= 0.6 is 23.2 Å². The SMILES string of the molecule is CNCC(NC)c1ccc(OC)c(Cl)c1Cl. The third kappa shape index (κ3) is 2.80. The van der Waals surface area contributed by atoms with Crippen LogP contribution in [0.1, 0.15) is 11.6 Å².